The van der Waals surface area contributed by atoms with Gasteiger partial charge in [0, 0.05) is 12.2 Å². The second kappa shape index (κ2) is 8.45. The van der Waals surface area contributed by atoms with Crippen LogP contribution in [0.4, 0.5) is 11.4 Å². The summed E-state index contributed by atoms with van der Waals surface area (Å²) in [7, 11) is -7.96. The van der Waals surface area contributed by atoms with Crippen molar-refractivity contribution in [2.45, 2.75) is 33.2 Å². The summed E-state index contributed by atoms with van der Waals surface area (Å²) in [5, 5.41) is 16.8. The molecule has 0 bridgehead atoms. The third kappa shape index (κ3) is 5.15. The average molecular weight is 469 g/mol. The molecule has 11 nitrogen and oxygen atoms in total. The summed E-state index contributed by atoms with van der Waals surface area (Å²) in [5.41, 5.74) is -0.655. The van der Waals surface area contributed by atoms with E-state index < -0.39 is 28.9 Å². The fourth-order valence-electron chi connectivity index (χ4n) is 3.02. The number of nitrogens with zero attached hydrogens (tertiary/aromatic N) is 3. The van der Waals surface area contributed by atoms with Gasteiger partial charge < -0.3 is 15.3 Å². The highest BCUT2D eigenvalue weighted by Crippen LogP contribution is 2.47. The number of nitrogens with one attached hydrogen (secondary N) is 2. The van der Waals surface area contributed by atoms with Gasteiger partial charge in [-0.1, -0.05) is 20.3 Å². The lowest BCUT2D eigenvalue weighted by molar-refractivity contribution is 0.423. The van der Waals surface area contributed by atoms with Gasteiger partial charge in [0.25, 0.3) is 5.56 Å². The van der Waals surface area contributed by atoms with Crippen LogP contribution in [-0.4, -0.2) is 40.3 Å². The Morgan fingerprint density at radius 2 is 2.06 bits per heavy atom. The van der Waals surface area contributed by atoms with E-state index >= 15 is 0 Å². The van der Waals surface area contributed by atoms with Gasteiger partial charge in [-0.3, -0.25) is 14.1 Å². The number of sulfonamides is 1. The minimum Gasteiger partial charge on any atom is -0.505 e. The summed E-state index contributed by atoms with van der Waals surface area (Å²) < 4.78 is 42.9. The topological polar surface area (TPSA) is 163 Å². The van der Waals surface area contributed by atoms with Crippen LogP contribution in [0.3, 0.4) is 0 Å². The average Bonchev–Trinajstić information content (AvgIpc) is 2.66. The molecule has 3 rings (SSSR count). The molecule has 0 amide bonds. The molecule has 2 aromatic rings. The molecule has 2 heterocycles. The number of aromatic hydroxyl groups is 1. The van der Waals surface area contributed by atoms with Crippen LogP contribution >= 0.6 is 7.52 Å². The largest absolute Gasteiger partial charge is 0.505 e. The second-order valence-electron chi connectivity index (χ2n) is 7.46. The van der Waals surface area contributed by atoms with E-state index in [-0.39, 0.29) is 28.1 Å². The Labute approximate surface area is 179 Å². The van der Waals surface area contributed by atoms with E-state index in [1.807, 2.05) is 13.8 Å². The Hall–Kier alpha value is -2.69. The Morgan fingerprint density at radius 1 is 1.35 bits per heavy atom. The molecular formula is C18H24N5O6PS. The molecule has 31 heavy (non-hydrogen) atoms. The van der Waals surface area contributed by atoms with Gasteiger partial charge in [-0.15, -0.1) is 0 Å². The number of amidine groups is 1. The summed E-state index contributed by atoms with van der Waals surface area (Å²) in [6.45, 7) is 4.41. The number of benzene rings is 1. The van der Waals surface area contributed by atoms with Crippen LogP contribution in [-0.2, 0) is 21.1 Å². The predicted molar refractivity (Wildman–Crippen MR) is 119 cm³/mol. The summed E-state index contributed by atoms with van der Waals surface area (Å²) in [4.78, 5) is 23.4. The van der Waals surface area contributed by atoms with E-state index in [0.29, 0.717) is 18.9 Å². The highest BCUT2D eigenvalue weighted by Gasteiger charge is 2.33. The van der Waals surface area contributed by atoms with Crippen LogP contribution in [0.1, 0.15) is 32.3 Å². The van der Waals surface area contributed by atoms with Crippen molar-refractivity contribution in [2.24, 2.45) is 10.7 Å². The Morgan fingerprint density at radius 3 is 2.71 bits per heavy atom. The first-order valence-electron chi connectivity index (χ1n) is 9.53. The molecule has 0 aliphatic carbocycles. The molecule has 168 valence electrons. The molecule has 0 radical (unpaired) electrons. The maximum absolute atomic E-state index is 12.9. The van der Waals surface area contributed by atoms with Gasteiger partial charge in [0.05, 0.1) is 23.4 Å². The van der Waals surface area contributed by atoms with E-state index in [2.05, 4.69) is 19.9 Å². The molecule has 0 saturated carbocycles. The summed E-state index contributed by atoms with van der Waals surface area (Å²) in [6, 6.07) is 3.98. The Balaban J connectivity index is 2.02. The van der Waals surface area contributed by atoms with E-state index in [4.69, 9.17) is 0 Å². The normalized spacial score (nSPS) is 19.2. The summed E-state index contributed by atoms with van der Waals surface area (Å²) >= 11 is 0. The van der Waals surface area contributed by atoms with Crippen molar-refractivity contribution in [1.29, 1.82) is 0 Å². The molecule has 0 spiro atoms. The molecule has 4 N–H and O–H groups in total. The van der Waals surface area contributed by atoms with E-state index in [1.54, 1.807) is 0 Å². The van der Waals surface area contributed by atoms with Crippen molar-refractivity contribution in [3.8, 4) is 5.75 Å². The molecule has 2 unspecified atom stereocenters. The predicted octanol–water partition coefficient (Wildman–Crippen LogP) is 1.44. The summed E-state index contributed by atoms with van der Waals surface area (Å²) in [5.74, 6) is -0.366. The van der Waals surface area contributed by atoms with Crippen molar-refractivity contribution in [2.75, 3.05) is 16.3 Å². The lowest BCUT2D eigenvalue weighted by Gasteiger charge is -2.23. The van der Waals surface area contributed by atoms with E-state index in [0.717, 1.165) is 18.9 Å². The zero-order valence-corrected chi connectivity index (χ0v) is 18.9. The molecule has 0 fully saturated rings. The second-order valence-corrected chi connectivity index (χ2v) is 11.0. The van der Waals surface area contributed by atoms with Gasteiger partial charge >= 0.3 is 7.52 Å². The van der Waals surface area contributed by atoms with Crippen molar-refractivity contribution in [3.05, 3.63) is 40.3 Å². The summed E-state index contributed by atoms with van der Waals surface area (Å²) in [6.07, 6.45) is 3.69. The van der Waals surface area contributed by atoms with Crippen LogP contribution in [0.2, 0.25) is 0 Å². The van der Waals surface area contributed by atoms with Crippen LogP contribution in [0.5, 0.6) is 5.75 Å². The zero-order valence-electron chi connectivity index (χ0n) is 17.2. The van der Waals surface area contributed by atoms with Gasteiger partial charge in [-0.25, -0.2) is 13.1 Å². The highest BCUT2D eigenvalue weighted by atomic mass is 32.2. The lowest BCUT2D eigenvalue weighted by Crippen LogP contribution is -2.34. The lowest BCUT2D eigenvalue weighted by atomic mass is 10.1. The van der Waals surface area contributed by atoms with Gasteiger partial charge in [-0.05, 0) is 30.5 Å². The van der Waals surface area contributed by atoms with Crippen molar-refractivity contribution < 1.29 is 23.0 Å². The van der Waals surface area contributed by atoms with Gasteiger partial charge in [0.15, 0.2) is 11.6 Å². The molecule has 13 heteroatoms. The number of rotatable bonds is 7. The van der Waals surface area contributed by atoms with Crippen LogP contribution in [0.25, 0.3) is 0 Å². The number of fused-ring (bicyclic) bond motifs is 1. The minimum atomic E-state index is -4.37. The maximum atomic E-state index is 12.9. The van der Waals surface area contributed by atoms with Crippen molar-refractivity contribution >= 4 is 40.1 Å². The van der Waals surface area contributed by atoms with Crippen LogP contribution in [0, 0.1) is 5.92 Å². The monoisotopic (exact) mass is 469 g/mol. The quantitative estimate of drug-likeness (QED) is 0.443. The van der Waals surface area contributed by atoms with Crippen LogP contribution < -0.4 is 20.9 Å². The first-order valence-corrected chi connectivity index (χ1v) is 13.0. The number of hydrogen-bond acceptors (Lipinski definition) is 7. The van der Waals surface area contributed by atoms with Crippen LogP contribution in [0.15, 0.2) is 34.0 Å². The minimum absolute atomic E-state index is 0.0927. The highest BCUT2D eigenvalue weighted by molar-refractivity contribution is 7.92. The zero-order chi connectivity index (χ0) is 23.0. The third-order valence-electron chi connectivity index (χ3n) is 4.89. The smallest absolute Gasteiger partial charge is 0.346 e. The fraction of sp³-hybridized carbons (Fsp3) is 0.389. The van der Waals surface area contributed by atoms with Gasteiger partial charge in [0.1, 0.15) is 5.56 Å². The SMILES string of the molecule is CCC(C)CCn1ncc(O)c(C2=NP(=O)(O)c3cc(NS(C)(=O)=O)ccc3N2)c1=O. The number of hydrogen-bond donors (Lipinski definition) is 4. The molecular weight excluding hydrogens is 445 g/mol. The molecule has 1 aromatic carbocycles. The Kier molecular flexibility index (Phi) is 6.26. The molecule has 1 aliphatic heterocycles. The first kappa shape index (κ1) is 23.0. The fourth-order valence-corrected chi connectivity index (χ4v) is 4.85. The number of anilines is 2. The number of aromatic nitrogens is 2. The van der Waals surface area contributed by atoms with Gasteiger partial charge in [-0.2, -0.15) is 9.86 Å². The molecule has 2 atom stereocenters. The number of aryl methyl sites for hydroxylation is 1. The Bertz CT molecular complexity index is 1260. The maximum Gasteiger partial charge on any atom is 0.346 e. The van der Waals surface area contributed by atoms with Crippen molar-refractivity contribution in [1.82, 2.24) is 9.78 Å². The standard InChI is InChI=1S/C18H24N5O6PS/c1-4-11(2)7-8-23-18(25)16(14(24)10-19-23)17-20-13-6-5-12(22-31(3,28)29)9-15(13)30(26,27)21-17/h5-6,9-11,22,24H,4,7-8H2,1-3H3,(H2,20,21,26,27). The molecule has 1 aromatic heterocycles. The van der Waals surface area contributed by atoms with E-state index in [9.17, 15) is 27.8 Å². The third-order valence-corrected chi connectivity index (χ3v) is 6.97. The molecule has 0 saturated heterocycles. The first-order chi connectivity index (χ1) is 14.4. The van der Waals surface area contributed by atoms with Crippen molar-refractivity contribution in [3.63, 3.8) is 0 Å². The van der Waals surface area contributed by atoms with E-state index in [1.165, 1.54) is 22.9 Å². The van der Waals surface area contributed by atoms with Gasteiger partial charge in [0.2, 0.25) is 10.0 Å². The molecule has 1 aliphatic rings.